The lowest BCUT2D eigenvalue weighted by Crippen LogP contribution is -2.41. The van der Waals surface area contributed by atoms with Crippen molar-refractivity contribution >= 4 is 47.7 Å². The predicted molar refractivity (Wildman–Crippen MR) is 99.0 cm³/mol. The fraction of sp³-hybridized carbons (Fsp3) is 0.438. The summed E-state index contributed by atoms with van der Waals surface area (Å²) in [6.45, 7) is 7.97. The third-order valence-corrected chi connectivity index (χ3v) is 5.37. The molecule has 0 radical (unpaired) electrons. The van der Waals surface area contributed by atoms with Gasteiger partial charge in [-0.2, -0.15) is 12.6 Å². The molecule has 2 rings (SSSR count). The van der Waals surface area contributed by atoms with Crippen LogP contribution in [0, 0.1) is 0 Å². The zero-order valence-corrected chi connectivity index (χ0v) is 16.1. The largest absolute Gasteiger partial charge is 0.491 e. The number of benzene rings is 1. The van der Waals surface area contributed by atoms with Crippen LogP contribution in [0.3, 0.4) is 0 Å². The highest BCUT2D eigenvalue weighted by molar-refractivity contribution is 9.10. The number of hydrogen-bond acceptors (Lipinski definition) is 4. The van der Waals surface area contributed by atoms with Gasteiger partial charge in [-0.3, -0.25) is 0 Å². The van der Waals surface area contributed by atoms with Gasteiger partial charge in [0.2, 0.25) is 0 Å². The topological polar surface area (TPSA) is 55.8 Å². The lowest BCUT2D eigenvalue weighted by atomic mass is 9.78. The number of aromatic carboxylic acids is 1. The number of hydrogen-bond donors (Lipinski definition) is 2. The molecule has 23 heavy (non-hydrogen) atoms. The monoisotopic (exact) mass is 398 g/mol. The standard InChI is InChI=1S/C16H20BBrO4S/c1-15(2)16(3,4)22-17(21-15)11(9-23)7-10-5-6-13(18)12(8-10)14(19)20/h5-8,23H,9H2,1-4H3,(H,19,20). The van der Waals surface area contributed by atoms with E-state index in [-0.39, 0.29) is 5.56 Å². The van der Waals surface area contributed by atoms with Crippen LogP contribution in [-0.4, -0.2) is 35.1 Å². The predicted octanol–water partition coefficient (Wildman–Crippen LogP) is 4.09. The van der Waals surface area contributed by atoms with E-state index < -0.39 is 24.3 Å². The Bertz CT molecular complexity index is 641. The van der Waals surface area contributed by atoms with Crippen molar-refractivity contribution in [3.05, 3.63) is 39.3 Å². The van der Waals surface area contributed by atoms with E-state index in [0.29, 0.717) is 10.2 Å². The van der Waals surface area contributed by atoms with Crippen molar-refractivity contribution in [1.29, 1.82) is 0 Å². The summed E-state index contributed by atoms with van der Waals surface area (Å²) in [4.78, 5) is 11.2. The van der Waals surface area contributed by atoms with Gasteiger partial charge in [0, 0.05) is 10.2 Å². The molecule has 0 amide bonds. The van der Waals surface area contributed by atoms with Gasteiger partial charge in [-0.25, -0.2) is 4.79 Å². The van der Waals surface area contributed by atoms with E-state index in [1.165, 1.54) is 0 Å². The van der Waals surface area contributed by atoms with Crippen molar-refractivity contribution in [2.75, 3.05) is 5.75 Å². The van der Waals surface area contributed by atoms with E-state index in [1.54, 1.807) is 12.1 Å². The Morgan fingerprint density at radius 3 is 2.35 bits per heavy atom. The number of carboxylic acid groups (broad SMARTS) is 1. The summed E-state index contributed by atoms with van der Waals surface area (Å²) in [6.07, 6.45) is 1.87. The van der Waals surface area contributed by atoms with Crippen molar-refractivity contribution in [2.24, 2.45) is 0 Å². The summed E-state index contributed by atoms with van der Waals surface area (Å²) in [5.74, 6) is -0.523. The summed E-state index contributed by atoms with van der Waals surface area (Å²) < 4.78 is 12.6. The maximum Gasteiger partial charge on any atom is 0.491 e. The molecule has 4 nitrogen and oxygen atoms in total. The smallest absolute Gasteiger partial charge is 0.478 e. The number of carbonyl (C=O) groups is 1. The van der Waals surface area contributed by atoms with Crippen LogP contribution >= 0.6 is 28.6 Å². The Labute approximate surface area is 150 Å². The van der Waals surface area contributed by atoms with Crippen LogP contribution in [0.5, 0.6) is 0 Å². The third-order valence-electron chi connectivity index (χ3n) is 4.31. The summed E-state index contributed by atoms with van der Waals surface area (Å²) in [5.41, 5.74) is 0.985. The van der Waals surface area contributed by atoms with E-state index in [9.17, 15) is 9.90 Å². The molecular weight excluding hydrogens is 379 g/mol. The van der Waals surface area contributed by atoms with Crippen LogP contribution in [0.25, 0.3) is 6.08 Å². The highest BCUT2D eigenvalue weighted by Crippen LogP contribution is 2.39. The zero-order chi connectivity index (χ0) is 17.4. The Balaban J connectivity index is 2.34. The minimum atomic E-state index is -0.977. The average Bonchev–Trinajstić information content (AvgIpc) is 2.66. The van der Waals surface area contributed by atoms with Crippen molar-refractivity contribution in [3.63, 3.8) is 0 Å². The first-order valence-electron chi connectivity index (χ1n) is 7.27. The first-order chi connectivity index (χ1) is 10.6. The number of rotatable bonds is 4. The van der Waals surface area contributed by atoms with Crippen LogP contribution in [-0.2, 0) is 9.31 Å². The van der Waals surface area contributed by atoms with Crippen LogP contribution in [0.2, 0.25) is 0 Å². The average molecular weight is 399 g/mol. The molecule has 0 spiro atoms. The van der Waals surface area contributed by atoms with E-state index >= 15 is 0 Å². The molecule has 0 atom stereocenters. The van der Waals surface area contributed by atoms with Crippen LogP contribution < -0.4 is 0 Å². The molecule has 0 saturated carbocycles. The number of halogens is 1. The molecule has 0 bridgehead atoms. The number of carboxylic acids is 1. The van der Waals surface area contributed by atoms with Crippen molar-refractivity contribution in [2.45, 2.75) is 38.9 Å². The molecule has 1 fully saturated rings. The Morgan fingerprint density at radius 2 is 1.87 bits per heavy atom. The molecule has 1 aromatic rings. The van der Waals surface area contributed by atoms with Gasteiger partial charge in [0.25, 0.3) is 0 Å². The second-order valence-corrected chi connectivity index (χ2v) is 7.68. The summed E-state index contributed by atoms with van der Waals surface area (Å²) >= 11 is 7.61. The van der Waals surface area contributed by atoms with Gasteiger partial charge in [-0.05, 0) is 66.8 Å². The maximum atomic E-state index is 11.2. The van der Waals surface area contributed by atoms with Gasteiger partial charge in [-0.1, -0.05) is 12.1 Å². The van der Waals surface area contributed by atoms with E-state index in [4.69, 9.17) is 9.31 Å². The molecule has 0 aliphatic carbocycles. The van der Waals surface area contributed by atoms with Gasteiger partial charge in [0.1, 0.15) is 0 Å². The van der Waals surface area contributed by atoms with Gasteiger partial charge >= 0.3 is 13.1 Å². The molecular formula is C16H20BBrO4S. The molecule has 1 saturated heterocycles. The molecule has 0 unspecified atom stereocenters. The fourth-order valence-electron chi connectivity index (χ4n) is 2.19. The van der Waals surface area contributed by atoms with Gasteiger partial charge in [0.15, 0.2) is 0 Å². The summed E-state index contributed by atoms with van der Waals surface area (Å²) in [6, 6.07) is 5.17. The van der Waals surface area contributed by atoms with Gasteiger partial charge in [0.05, 0.1) is 16.8 Å². The second-order valence-electron chi connectivity index (χ2n) is 6.51. The van der Waals surface area contributed by atoms with Crippen molar-refractivity contribution in [1.82, 2.24) is 0 Å². The Kier molecular flexibility index (Phi) is 5.35. The Morgan fingerprint density at radius 1 is 1.30 bits per heavy atom. The van der Waals surface area contributed by atoms with Gasteiger partial charge in [-0.15, -0.1) is 0 Å². The lowest BCUT2D eigenvalue weighted by Gasteiger charge is -2.32. The molecule has 1 aliphatic heterocycles. The molecule has 1 heterocycles. The first-order valence-corrected chi connectivity index (χ1v) is 8.70. The molecule has 1 aliphatic rings. The van der Waals surface area contributed by atoms with Crippen LogP contribution in [0.15, 0.2) is 28.1 Å². The van der Waals surface area contributed by atoms with Crippen LogP contribution in [0.4, 0.5) is 0 Å². The summed E-state index contributed by atoms with van der Waals surface area (Å²) in [7, 11) is -0.491. The first kappa shape index (κ1) is 18.6. The third kappa shape index (κ3) is 3.84. The van der Waals surface area contributed by atoms with E-state index in [2.05, 4.69) is 28.6 Å². The van der Waals surface area contributed by atoms with Crippen LogP contribution in [0.1, 0.15) is 43.6 Å². The second kappa shape index (κ2) is 6.63. The molecule has 7 heteroatoms. The molecule has 124 valence electrons. The SMILES string of the molecule is CC1(C)OB(C(=Cc2ccc(Br)c(C(=O)O)c2)CS)OC1(C)C. The molecule has 1 N–H and O–H groups in total. The van der Waals surface area contributed by atoms with Crippen molar-refractivity contribution in [3.8, 4) is 0 Å². The maximum absolute atomic E-state index is 11.2. The minimum absolute atomic E-state index is 0.214. The van der Waals surface area contributed by atoms with Crippen molar-refractivity contribution < 1.29 is 19.2 Å². The minimum Gasteiger partial charge on any atom is -0.478 e. The highest BCUT2D eigenvalue weighted by atomic mass is 79.9. The molecule has 0 aromatic heterocycles. The fourth-order valence-corrected chi connectivity index (χ4v) is 2.85. The van der Waals surface area contributed by atoms with E-state index in [0.717, 1.165) is 11.0 Å². The van der Waals surface area contributed by atoms with E-state index in [1.807, 2.05) is 39.8 Å². The quantitative estimate of drug-likeness (QED) is 0.592. The highest BCUT2D eigenvalue weighted by Gasteiger charge is 2.52. The zero-order valence-electron chi connectivity index (χ0n) is 13.6. The Hall–Kier alpha value is -0.755. The number of thiol groups is 1. The van der Waals surface area contributed by atoms with Gasteiger partial charge < -0.3 is 14.4 Å². The molecule has 1 aromatic carbocycles. The lowest BCUT2D eigenvalue weighted by molar-refractivity contribution is 0.00578. The normalized spacial score (nSPS) is 19.9. The summed E-state index contributed by atoms with van der Waals surface area (Å²) in [5, 5.41) is 9.22.